The maximum absolute atomic E-state index is 12.0. The average molecular weight is 262 g/mol. The fourth-order valence-electron chi connectivity index (χ4n) is 2.60. The van der Waals surface area contributed by atoms with Crippen molar-refractivity contribution in [3.63, 3.8) is 0 Å². The zero-order valence-corrected chi connectivity index (χ0v) is 11.1. The van der Waals surface area contributed by atoms with E-state index in [1.165, 1.54) is 0 Å². The van der Waals surface area contributed by atoms with Gasteiger partial charge < -0.3 is 16.2 Å². The Labute approximate surface area is 114 Å². The quantitative estimate of drug-likeness (QED) is 0.572. The highest BCUT2D eigenvalue weighted by atomic mass is 16.3. The van der Waals surface area contributed by atoms with E-state index in [2.05, 4.69) is 5.32 Å². The zero-order valence-electron chi connectivity index (χ0n) is 11.1. The third kappa shape index (κ3) is 4.24. The van der Waals surface area contributed by atoms with Crippen LogP contribution >= 0.6 is 0 Å². The molecule has 2 rings (SSSR count). The van der Waals surface area contributed by atoms with Crippen molar-refractivity contribution in [3.05, 3.63) is 29.8 Å². The molecule has 2 unspecified atom stereocenters. The van der Waals surface area contributed by atoms with E-state index in [1.807, 2.05) is 18.2 Å². The molecule has 1 aliphatic carbocycles. The Kier molecular flexibility index (Phi) is 4.80. The third-order valence-electron chi connectivity index (χ3n) is 3.64. The van der Waals surface area contributed by atoms with E-state index in [0.29, 0.717) is 12.1 Å². The van der Waals surface area contributed by atoms with Crippen LogP contribution in [0.25, 0.3) is 0 Å². The van der Waals surface area contributed by atoms with Gasteiger partial charge in [-0.3, -0.25) is 4.79 Å². The molecule has 104 valence electrons. The number of carbonyl (C=O) groups is 1. The second-order valence-electron chi connectivity index (χ2n) is 5.30. The first kappa shape index (κ1) is 13.9. The first-order valence-corrected chi connectivity index (χ1v) is 6.97. The number of rotatable bonds is 3. The van der Waals surface area contributed by atoms with Gasteiger partial charge in [0.05, 0.1) is 18.6 Å². The van der Waals surface area contributed by atoms with E-state index in [9.17, 15) is 9.90 Å². The standard InChI is InChI=1S/C15H22N2O2/c16-12-6-4-5-11(9-12)10-15(19)17-13-7-2-1-3-8-14(13)18/h4-6,9,13-14,18H,1-3,7-8,10,16H2,(H,17,19). The topological polar surface area (TPSA) is 75.4 Å². The lowest BCUT2D eigenvalue weighted by molar-refractivity contribution is -0.122. The maximum atomic E-state index is 12.0. The smallest absolute Gasteiger partial charge is 0.224 e. The first-order valence-electron chi connectivity index (χ1n) is 6.97. The molecular weight excluding hydrogens is 240 g/mol. The molecule has 1 aromatic carbocycles. The van der Waals surface area contributed by atoms with E-state index in [4.69, 9.17) is 5.73 Å². The number of hydrogen-bond acceptors (Lipinski definition) is 3. The molecule has 0 aromatic heterocycles. The average Bonchev–Trinajstić information content (AvgIpc) is 2.55. The first-order chi connectivity index (χ1) is 9.15. The molecule has 4 heteroatoms. The van der Waals surface area contributed by atoms with Crippen LogP contribution in [-0.4, -0.2) is 23.2 Å². The normalized spacial score (nSPS) is 23.6. The number of carbonyl (C=O) groups excluding carboxylic acids is 1. The van der Waals surface area contributed by atoms with E-state index < -0.39 is 6.10 Å². The van der Waals surface area contributed by atoms with Gasteiger partial charge in [0.1, 0.15) is 0 Å². The number of benzene rings is 1. The molecule has 0 radical (unpaired) electrons. The zero-order chi connectivity index (χ0) is 13.7. The van der Waals surface area contributed by atoms with Gasteiger partial charge in [0.25, 0.3) is 0 Å². The second-order valence-corrected chi connectivity index (χ2v) is 5.30. The maximum Gasteiger partial charge on any atom is 0.224 e. The summed E-state index contributed by atoms with van der Waals surface area (Å²) in [6, 6.07) is 7.24. The summed E-state index contributed by atoms with van der Waals surface area (Å²) in [5.74, 6) is -0.0449. The molecule has 0 saturated heterocycles. The largest absolute Gasteiger partial charge is 0.399 e. The molecule has 1 aromatic rings. The molecule has 1 aliphatic rings. The van der Waals surface area contributed by atoms with Gasteiger partial charge in [-0.1, -0.05) is 31.4 Å². The Bertz CT molecular complexity index is 434. The van der Waals surface area contributed by atoms with Gasteiger partial charge in [-0.2, -0.15) is 0 Å². The molecular formula is C15H22N2O2. The minimum Gasteiger partial charge on any atom is -0.399 e. The monoisotopic (exact) mass is 262 g/mol. The number of nitrogen functional groups attached to an aromatic ring is 1. The third-order valence-corrected chi connectivity index (χ3v) is 3.64. The van der Waals surface area contributed by atoms with Crippen LogP contribution in [0.15, 0.2) is 24.3 Å². The van der Waals surface area contributed by atoms with Gasteiger partial charge in [-0.05, 0) is 30.5 Å². The summed E-state index contributed by atoms with van der Waals surface area (Å²) in [5.41, 5.74) is 7.26. The number of aliphatic hydroxyl groups excluding tert-OH is 1. The SMILES string of the molecule is Nc1cccc(CC(=O)NC2CCCCCC2O)c1. The Morgan fingerprint density at radius 1 is 1.32 bits per heavy atom. The Balaban J connectivity index is 1.89. The number of aliphatic hydroxyl groups is 1. The van der Waals surface area contributed by atoms with E-state index in [1.54, 1.807) is 6.07 Å². The highest BCUT2D eigenvalue weighted by Crippen LogP contribution is 2.18. The van der Waals surface area contributed by atoms with Gasteiger partial charge in [0.15, 0.2) is 0 Å². The van der Waals surface area contributed by atoms with Crippen molar-refractivity contribution in [2.24, 2.45) is 0 Å². The van der Waals surface area contributed by atoms with Crippen LogP contribution in [-0.2, 0) is 11.2 Å². The fraction of sp³-hybridized carbons (Fsp3) is 0.533. The summed E-state index contributed by atoms with van der Waals surface area (Å²) in [6.45, 7) is 0. The van der Waals surface area contributed by atoms with Crippen LogP contribution in [0.5, 0.6) is 0 Å². The van der Waals surface area contributed by atoms with Crippen molar-refractivity contribution in [1.29, 1.82) is 0 Å². The van der Waals surface area contributed by atoms with Gasteiger partial charge in [0, 0.05) is 5.69 Å². The molecule has 2 atom stereocenters. The predicted octanol–water partition coefficient (Wildman–Crippen LogP) is 1.62. The van der Waals surface area contributed by atoms with Crippen LogP contribution in [0.4, 0.5) is 5.69 Å². The Hall–Kier alpha value is -1.55. The Morgan fingerprint density at radius 3 is 2.89 bits per heavy atom. The summed E-state index contributed by atoms with van der Waals surface area (Å²) in [6.07, 6.45) is 4.80. The summed E-state index contributed by atoms with van der Waals surface area (Å²) >= 11 is 0. The van der Waals surface area contributed by atoms with Crippen molar-refractivity contribution in [2.75, 3.05) is 5.73 Å². The summed E-state index contributed by atoms with van der Waals surface area (Å²) in [4.78, 5) is 12.0. The number of anilines is 1. The van der Waals surface area contributed by atoms with Crippen LogP contribution in [0.1, 0.15) is 37.7 Å². The number of nitrogens with two attached hydrogens (primary N) is 1. The summed E-state index contributed by atoms with van der Waals surface area (Å²) < 4.78 is 0. The molecule has 1 fully saturated rings. The molecule has 0 heterocycles. The van der Waals surface area contributed by atoms with Crippen LogP contribution in [0, 0.1) is 0 Å². The minimum atomic E-state index is -0.410. The van der Waals surface area contributed by atoms with Crippen molar-refractivity contribution < 1.29 is 9.90 Å². The molecule has 4 nitrogen and oxygen atoms in total. The lowest BCUT2D eigenvalue weighted by Crippen LogP contribution is -2.43. The molecule has 1 amide bonds. The van der Waals surface area contributed by atoms with Gasteiger partial charge >= 0.3 is 0 Å². The van der Waals surface area contributed by atoms with Gasteiger partial charge in [0.2, 0.25) is 5.91 Å². The lowest BCUT2D eigenvalue weighted by atomic mass is 10.1. The Morgan fingerprint density at radius 2 is 2.11 bits per heavy atom. The second kappa shape index (κ2) is 6.57. The van der Waals surface area contributed by atoms with E-state index >= 15 is 0 Å². The highest BCUT2D eigenvalue weighted by molar-refractivity contribution is 5.79. The minimum absolute atomic E-state index is 0.0449. The van der Waals surface area contributed by atoms with Crippen LogP contribution in [0.2, 0.25) is 0 Å². The van der Waals surface area contributed by atoms with Crippen molar-refractivity contribution >= 4 is 11.6 Å². The number of hydrogen-bond donors (Lipinski definition) is 3. The van der Waals surface area contributed by atoms with Gasteiger partial charge in [-0.15, -0.1) is 0 Å². The molecule has 0 aliphatic heterocycles. The van der Waals surface area contributed by atoms with Crippen LogP contribution < -0.4 is 11.1 Å². The molecule has 0 bridgehead atoms. The van der Waals surface area contributed by atoms with Crippen molar-refractivity contribution in [2.45, 2.75) is 50.7 Å². The summed E-state index contributed by atoms with van der Waals surface area (Å²) in [5, 5.41) is 12.9. The van der Waals surface area contributed by atoms with E-state index in [-0.39, 0.29) is 11.9 Å². The summed E-state index contributed by atoms with van der Waals surface area (Å²) in [7, 11) is 0. The fourth-order valence-corrected chi connectivity index (χ4v) is 2.60. The number of amides is 1. The molecule has 0 spiro atoms. The molecule has 4 N–H and O–H groups in total. The lowest BCUT2D eigenvalue weighted by Gasteiger charge is -2.21. The van der Waals surface area contributed by atoms with E-state index in [0.717, 1.165) is 37.7 Å². The number of nitrogens with one attached hydrogen (secondary N) is 1. The van der Waals surface area contributed by atoms with Gasteiger partial charge in [-0.25, -0.2) is 0 Å². The van der Waals surface area contributed by atoms with Crippen molar-refractivity contribution in [1.82, 2.24) is 5.32 Å². The van der Waals surface area contributed by atoms with Crippen molar-refractivity contribution in [3.8, 4) is 0 Å². The predicted molar refractivity (Wildman–Crippen MR) is 75.6 cm³/mol. The highest BCUT2D eigenvalue weighted by Gasteiger charge is 2.22. The van der Waals surface area contributed by atoms with Crippen LogP contribution in [0.3, 0.4) is 0 Å². The molecule has 1 saturated carbocycles. The molecule has 19 heavy (non-hydrogen) atoms.